The molecule has 3 heterocycles. The van der Waals surface area contributed by atoms with Crippen LogP contribution in [-0.4, -0.2) is 26.4 Å². The van der Waals surface area contributed by atoms with Crippen molar-refractivity contribution < 1.29 is 4.79 Å². The zero-order valence-electron chi connectivity index (χ0n) is 16.0. The van der Waals surface area contributed by atoms with Crippen LogP contribution < -0.4 is 0 Å². The number of carbonyl (C=O) groups is 1. The Morgan fingerprint density at radius 3 is 2.69 bits per heavy atom. The van der Waals surface area contributed by atoms with Crippen LogP contribution in [0.1, 0.15) is 17.0 Å². The first-order valence-corrected chi connectivity index (χ1v) is 10.2. The molecule has 5 rings (SSSR count). The highest BCUT2D eigenvalue weighted by atomic mass is 32.2. The Bertz CT molecular complexity index is 1300. The van der Waals surface area contributed by atoms with E-state index < -0.39 is 0 Å². The third-order valence-electron chi connectivity index (χ3n) is 5.27. The summed E-state index contributed by atoms with van der Waals surface area (Å²) in [6.07, 6.45) is 3.55. The summed E-state index contributed by atoms with van der Waals surface area (Å²) in [5.41, 5.74) is 4.39. The molecule has 0 fully saturated rings. The number of aryl methyl sites for hydroxylation is 1. The molecule has 6 heteroatoms. The van der Waals surface area contributed by atoms with Crippen molar-refractivity contribution in [2.45, 2.75) is 13.8 Å². The van der Waals surface area contributed by atoms with Crippen LogP contribution in [0, 0.1) is 19.3 Å². The van der Waals surface area contributed by atoms with Crippen LogP contribution in [0.5, 0.6) is 0 Å². The van der Waals surface area contributed by atoms with E-state index in [1.807, 2.05) is 37.5 Å². The van der Waals surface area contributed by atoms with Gasteiger partial charge in [0, 0.05) is 23.3 Å². The van der Waals surface area contributed by atoms with Crippen LogP contribution in [0.3, 0.4) is 0 Å². The predicted molar refractivity (Wildman–Crippen MR) is 119 cm³/mol. The Morgan fingerprint density at radius 1 is 1.07 bits per heavy atom. The molecule has 2 aliphatic heterocycles. The minimum atomic E-state index is -0.368. The monoisotopic (exact) mass is 398 g/mol. The first kappa shape index (κ1) is 17.7. The smallest absolute Gasteiger partial charge is 0.283 e. The molecule has 1 N–H and O–H groups in total. The van der Waals surface area contributed by atoms with Gasteiger partial charge in [-0.1, -0.05) is 42.1 Å². The van der Waals surface area contributed by atoms with Crippen LogP contribution in [-0.2, 0) is 4.79 Å². The number of hydrogen-bond donors (Lipinski definition) is 1. The Kier molecular flexibility index (Phi) is 4.03. The molecule has 1 amide bonds. The zero-order valence-corrected chi connectivity index (χ0v) is 16.8. The van der Waals surface area contributed by atoms with E-state index in [1.54, 1.807) is 17.2 Å². The highest BCUT2D eigenvalue weighted by Crippen LogP contribution is 2.29. The maximum Gasteiger partial charge on any atom is 0.283 e. The Balaban J connectivity index is 1.59. The van der Waals surface area contributed by atoms with Crippen LogP contribution in [0.15, 0.2) is 70.7 Å². The molecule has 142 valence electrons. The highest BCUT2D eigenvalue weighted by molar-refractivity contribution is 8.16. The van der Waals surface area contributed by atoms with Crippen molar-refractivity contribution in [3.63, 3.8) is 0 Å². The summed E-state index contributed by atoms with van der Waals surface area (Å²) in [7, 11) is 0. The molecule has 1 aromatic heterocycles. The quantitative estimate of drug-likeness (QED) is 0.616. The average Bonchev–Trinajstić information content (AvgIpc) is 3.29. The molecule has 0 spiro atoms. The molecule has 0 aliphatic carbocycles. The molecular formula is C23H18N4OS. The van der Waals surface area contributed by atoms with Crippen molar-refractivity contribution in [2.24, 2.45) is 4.99 Å². The van der Waals surface area contributed by atoms with Crippen molar-refractivity contribution in [2.75, 3.05) is 0 Å². The van der Waals surface area contributed by atoms with Gasteiger partial charge < -0.3 is 4.57 Å². The Morgan fingerprint density at radius 2 is 1.86 bits per heavy atom. The molecule has 0 saturated carbocycles. The Hall–Kier alpha value is -3.38. The van der Waals surface area contributed by atoms with E-state index in [2.05, 4.69) is 39.9 Å². The van der Waals surface area contributed by atoms with Crippen LogP contribution in [0.2, 0.25) is 0 Å². The van der Waals surface area contributed by atoms with Gasteiger partial charge in [-0.15, -0.1) is 0 Å². The molecule has 29 heavy (non-hydrogen) atoms. The van der Waals surface area contributed by atoms with Gasteiger partial charge in [0.1, 0.15) is 5.84 Å². The summed E-state index contributed by atoms with van der Waals surface area (Å²) < 4.78 is 2.18. The number of benzene rings is 2. The molecule has 0 unspecified atom stereocenters. The lowest BCUT2D eigenvalue weighted by atomic mass is 10.1. The predicted octanol–water partition coefficient (Wildman–Crippen LogP) is 5.02. The number of nitrogens with one attached hydrogen (secondary N) is 1. The average molecular weight is 398 g/mol. The van der Waals surface area contributed by atoms with Gasteiger partial charge in [0.15, 0.2) is 5.17 Å². The number of amidine groups is 2. The minimum absolute atomic E-state index is 0.164. The lowest BCUT2D eigenvalue weighted by Crippen LogP contribution is -2.35. The fraction of sp³-hybridized carbons (Fsp3) is 0.0870. The Labute approximate surface area is 172 Å². The fourth-order valence-corrected chi connectivity index (χ4v) is 4.54. The lowest BCUT2D eigenvalue weighted by molar-refractivity contribution is -0.114. The number of carbonyl (C=O) groups excluding carboxylic acids is 1. The summed E-state index contributed by atoms with van der Waals surface area (Å²) >= 11 is 1.35. The van der Waals surface area contributed by atoms with Gasteiger partial charge >= 0.3 is 0 Å². The number of thioether (sulfide) groups is 1. The van der Waals surface area contributed by atoms with E-state index in [9.17, 15) is 4.79 Å². The van der Waals surface area contributed by atoms with Crippen molar-refractivity contribution >= 4 is 45.5 Å². The number of amides is 1. The van der Waals surface area contributed by atoms with E-state index in [4.69, 9.17) is 5.41 Å². The highest BCUT2D eigenvalue weighted by Gasteiger charge is 2.31. The molecule has 2 aromatic carbocycles. The maximum absolute atomic E-state index is 12.5. The van der Waals surface area contributed by atoms with Crippen molar-refractivity contribution in [1.82, 2.24) is 9.47 Å². The van der Waals surface area contributed by atoms with Crippen molar-refractivity contribution in [3.8, 4) is 5.69 Å². The van der Waals surface area contributed by atoms with Gasteiger partial charge in [-0.05, 0) is 59.9 Å². The number of rotatable bonds is 2. The van der Waals surface area contributed by atoms with Crippen LogP contribution in [0.4, 0.5) is 0 Å². The normalized spacial score (nSPS) is 17.4. The summed E-state index contributed by atoms with van der Waals surface area (Å²) in [4.78, 5) is 18.3. The van der Waals surface area contributed by atoms with Gasteiger partial charge in [-0.3, -0.25) is 15.1 Å². The van der Waals surface area contributed by atoms with Crippen molar-refractivity contribution in [3.05, 3.63) is 82.7 Å². The molecule has 2 aliphatic rings. The number of hydrogen-bond acceptors (Lipinski definition) is 3. The standard InChI is InChI=1S/C23H18N4OS/c1-14-11-18(13-20-21(24)26-9-10-29-23(26)25-22(20)28)15(2)27(14)19-8-7-16-5-3-4-6-17(16)12-19/h3-13,24H,1-2H3. The maximum atomic E-state index is 12.5. The van der Waals surface area contributed by atoms with Crippen LogP contribution >= 0.6 is 11.8 Å². The largest absolute Gasteiger partial charge is 0.318 e. The first-order valence-electron chi connectivity index (χ1n) is 9.27. The summed E-state index contributed by atoms with van der Waals surface area (Å²) in [6, 6.07) is 16.7. The number of aliphatic imine (C=N–C) groups is 1. The first-order chi connectivity index (χ1) is 14.0. The van der Waals surface area contributed by atoms with Gasteiger partial charge in [-0.25, -0.2) is 0 Å². The number of fused-ring (bicyclic) bond motifs is 2. The number of aromatic nitrogens is 1. The molecule has 0 radical (unpaired) electrons. The number of nitrogens with zero attached hydrogens (tertiary/aromatic N) is 3. The SMILES string of the molecule is Cc1cc(C=C2C(=N)N3C=CSC3=NC2=O)c(C)n1-c1ccc2ccccc2c1. The minimum Gasteiger partial charge on any atom is -0.318 e. The van der Waals surface area contributed by atoms with E-state index in [0.29, 0.717) is 10.7 Å². The van der Waals surface area contributed by atoms with Gasteiger partial charge in [0.05, 0.1) is 5.57 Å². The second-order valence-corrected chi connectivity index (χ2v) is 7.95. The second-order valence-electron chi connectivity index (χ2n) is 7.07. The topological polar surface area (TPSA) is 61.5 Å². The molecule has 5 nitrogen and oxygen atoms in total. The molecule has 0 atom stereocenters. The van der Waals surface area contributed by atoms with E-state index in [0.717, 1.165) is 22.6 Å². The molecule has 3 aromatic rings. The fourth-order valence-electron chi connectivity index (χ4n) is 3.83. The molecule has 0 bridgehead atoms. The van der Waals surface area contributed by atoms with E-state index >= 15 is 0 Å². The lowest BCUT2D eigenvalue weighted by Gasteiger charge is -2.22. The zero-order chi connectivity index (χ0) is 20.1. The van der Waals surface area contributed by atoms with Gasteiger partial charge in [0.2, 0.25) is 0 Å². The summed E-state index contributed by atoms with van der Waals surface area (Å²) in [5, 5.41) is 13.2. The molecule has 0 saturated heterocycles. The third-order valence-corrected chi connectivity index (χ3v) is 6.03. The van der Waals surface area contributed by atoms with Crippen molar-refractivity contribution in [1.29, 1.82) is 5.41 Å². The summed E-state index contributed by atoms with van der Waals surface area (Å²) in [5.74, 6) is -0.204. The summed E-state index contributed by atoms with van der Waals surface area (Å²) in [6.45, 7) is 4.08. The van der Waals surface area contributed by atoms with E-state index in [1.165, 1.54) is 22.5 Å². The third kappa shape index (κ3) is 2.84. The second kappa shape index (κ2) is 6.60. The van der Waals surface area contributed by atoms with Gasteiger partial charge in [0.25, 0.3) is 5.91 Å². The molecular weight excluding hydrogens is 380 g/mol. The van der Waals surface area contributed by atoms with Gasteiger partial charge in [-0.2, -0.15) is 4.99 Å². The van der Waals surface area contributed by atoms with Crippen LogP contribution in [0.25, 0.3) is 22.5 Å². The van der Waals surface area contributed by atoms with E-state index in [-0.39, 0.29) is 11.7 Å².